The average molecular weight is 212 g/mol. The fourth-order valence-corrected chi connectivity index (χ4v) is 1.87. The Morgan fingerprint density at radius 1 is 1.47 bits per heavy atom. The van der Waals surface area contributed by atoms with Gasteiger partial charge in [-0.2, -0.15) is 0 Å². The molecule has 0 amide bonds. The molecule has 0 aromatic rings. The first kappa shape index (κ1) is 12.5. The molecule has 1 aliphatic heterocycles. The number of nitrogens with one attached hydrogen (secondary N) is 1. The Morgan fingerprint density at radius 2 is 2.07 bits per heavy atom. The Kier molecular flexibility index (Phi) is 4.58. The highest BCUT2D eigenvalue weighted by Crippen LogP contribution is 2.26. The van der Waals surface area contributed by atoms with Crippen LogP contribution in [0.15, 0.2) is 0 Å². The minimum absolute atomic E-state index is 0.580. The van der Waals surface area contributed by atoms with E-state index < -0.39 is 11.4 Å². The highest BCUT2D eigenvalue weighted by molar-refractivity contribution is 5.73. The molecular formula is C12H22NO2. The fourth-order valence-electron chi connectivity index (χ4n) is 1.87. The van der Waals surface area contributed by atoms with Crippen molar-refractivity contribution in [2.75, 3.05) is 13.1 Å². The molecule has 0 aliphatic carbocycles. The lowest BCUT2D eigenvalue weighted by molar-refractivity contribution is -0.147. The first-order chi connectivity index (χ1) is 7.02. The third-order valence-electron chi connectivity index (χ3n) is 3.23. The molecule has 0 atom stereocenters. The van der Waals surface area contributed by atoms with Crippen molar-refractivity contribution in [3.05, 3.63) is 6.42 Å². The normalized spacial score (nSPS) is 19.1. The van der Waals surface area contributed by atoms with E-state index in [0.29, 0.717) is 5.92 Å². The molecule has 0 saturated carbocycles. The molecule has 1 saturated heterocycles. The highest BCUT2D eigenvalue weighted by Gasteiger charge is 2.26. The number of hydrogen-bond acceptors (Lipinski definition) is 2. The highest BCUT2D eigenvalue weighted by atomic mass is 16.4. The largest absolute Gasteiger partial charge is 0.481 e. The molecule has 1 aliphatic rings. The zero-order valence-corrected chi connectivity index (χ0v) is 9.75. The van der Waals surface area contributed by atoms with E-state index in [-0.39, 0.29) is 0 Å². The molecule has 1 fully saturated rings. The molecule has 0 bridgehead atoms. The summed E-state index contributed by atoms with van der Waals surface area (Å²) in [4.78, 5) is 10.9. The summed E-state index contributed by atoms with van der Waals surface area (Å²) in [5.74, 6) is -0.00273. The van der Waals surface area contributed by atoms with Crippen LogP contribution >= 0.6 is 0 Å². The minimum Gasteiger partial charge on any atom is -0.481 e. The number of piperidine rings is 1. The second-order valence-corrected chi connectivity index (χ2v) is 5.05. The van der Waals surface area contributed by atoms with Crippen molar-refractivity contribution in [3.8, 4) is 0 Å². The maximum atomic E-state index is 10.9. The number of rotatable bonds is 5. The fraction of sp³-hybridized carbons (Fsp3) is 0.833. The van der Waals surface area contributed by atoms with Crippen LogP contribution in [0.25, 0.3) is 0 Å². The maximum absolute atomic E-state index is 10.9. The Morgan fingerprint density at radius 3 is 2.60 bits per heavy atom. The molecule has 0 spiro atoms. The van der Waals surface area contributed by atoms with E-state index >= 15 is 0 Å². The molecule has 0 aromatic carbocycles. The number of aliphatic carboxylic acids is 1. The van der Waals surface area contributed by atoms with Gasteiger partial charge in [0.2, 0.25) is 0 Å². The second-order valence-electron chi connectivity index (χ2n) is 5.05. The van der Waals surface area contributed by atoms with Crippen molar-refractivity contribution in [3.63, 3.8) is 0 Å². The van der Waals surface area contributed by atoms with Crippen molar-refractivity contribution >= 4 is 5.97 Å². The van der Waals surface area contributed by atoms with Gasteiger partial charge in [0.25, 0.3) is 0 Å². The van der Waals surface area contributed by atoms with Gasteiger partial charge in [0.15, 0.2) is 0 Å². The van der Waals surface area contributed by atoms with Crippen LogP contribution < -0.4 is 5.32 Å². The molecule has 3 nitrogen and oxygen atoms in total. The number of hydrogen-bond donors (Lipinski definition) is 2. The van der Waals surface area contributed by atoms with Gasteiger partial charge in [-0.1, -0.05) is 0 Å². The molecule has 1 rings (SSSR count). The lowest BCUT2D eigenvalue weighted by Crippen LogP contribution is -2.28. The van der Waals surface area contributed by atoms with E-state index in [2.05, 4.69) is 11.7 Å². The van der Waals surface area contributed by atoms with Crippen LogP contribution in [0.5, 0.6) is 0 Å². The van der Waals surface area contributed by atoms with Crippen molar-refractivity contribution in [1.29, 1.82) is 0 Å². The Labute approximate surface area is 92.3 Å². The van der Waals surface area contributed by atoms with Crippen LogP contribution in [0, 0.1) is 17.8 Å². The number of carboxylic acid groups (broad SMARTS) is 1. The van der Waals surface area contributed by atoms with Crippen LogP contribution in [0.1, 0.15) is 39.5 Å². The molecule has 3 heteroatoms. The van der Waals surface area contributed by atoms with Gasteiger partial charge in [0.1, 0.15) is 0 Å². The van der Waals surface area contributed by atoms with Gasteiger partial charge < -0.3 is 10.4 Å². The zero-order valence-electron chi connectivity index (χ0n) is 9.75. The van der Waals surface area contributed by atoms with Gasteiger partial charge in [0, 0.05) is 0 Å². The maximum Gasteiger partial charge on any atom is 0.309 e. The third kappa shape index (κ3) is 4.20. The van der Waals surface area contributed by atoms with Crippen LogP contribution in [0.3, 0.4) is 0 Å². The summed E-state index contributed by atoms with van der Waals surface area (Å²) >= 11 is 0. The molecule has 1 radical (unpaired) electrons. The van der Waals surface area contributed by atoms with Crippen molar-refractivity contribution in [2.45, 2.75) is 39.5 Å². The van der Waals surface area contributed by atoms with E-state index in [0.717, 1.165) is 25.9 Å². The van der Waals surface area contributed by atoms with Crippen LogP contribution in [0.4, 0.5) is 0 Å². The first-order valence-corrected chi connectivity index (χ1v) is 5.80. The van der Waals surface area contributed by atoms with E-state index in [1.165, 1.54) is 12.8 Å². The van der Waals surface area contributed by atoms with E-state index in [9.17, 15) is 4.79 Å². The van der Waals surface area contributed by atoms with Crippen LogP contribution in [0.2, 0.25) is 0 Å². The van der Waals surface area contributed by atoms with Crippen LogP contribution in [-0.4, -0.2) is 24.2 Å². The van der Waals surface area contributed by atoms with Crippen molar-refractivity contribution < 1.29 is 9.90 Å². The summed E-state index contributed by atoms with van der Waals surface area (Å²) in [5, 5.41) is 12.3. The number of carboxylic acids is 1. The SMILES string of the molecule is CC(C)(CC[CH]C1CCNCC1)C(=O)O. The summed E-state index contributed by atoms with van der Waals surface area (Å²) in [7, 11) is 0. The van der Waals surface area contributed by atoms with E-state index in [1.54, 1.807) is 13.8 Å². The Hall–Kier alpha value is -0.570. The van der Waals surface area contributed by atoms with Gasteiger partial charge in [-0.05, 0) is 65.0 Å². The smallest absolute Gasteiger partial charge is 0.309 e. The predicted octanol–water partition coefficient (Wildman–Crippen LogP) is 2.08. The predicted molar refractivity (Wildman–Crippen MR) is 60.5 cm³/mol. The molecule has 15 heavy (non-hydrogen) atoms. The molecule has 0 unspecified atom stereocenters. The molecule has 1 heterocycles. The number of carbonyl (C=O) groups is 1. The third-order valence-corrected chi connectivity index (χ3v) is 3.23. The van der Waals surface area contributed by atoms with Gasteiger partial charge in [-0.25, -0.2) is 0 Å². The Bertz CT molecular complexity index is 208. The quantitative estimate of drug-likeness (QED) is 0.733. The van der Waals surface area contributed by atoms with Gasteiger partial charge in [-0.15, -0.1) is 0 Å². The standard InChI is InChI=1S/C12H22NO2/c1-12(2,11(14)15)7-3-4-10-5-8-13-9-6-10/h4,10,13H,3,5-9H2,1-2H3,(H,14,15). The van der Waals surface area contributed by atoms with Gasteiger partial charge >= 0.3 is 5.97 Å². The van der Waals surface area contributed by atoms with E-state index in [4.69, 9.17) is 5.11 Å². The first-order valence-electron chi connectivity index (χ1n) is 5.80. The van der Waals surface area contributed by atoms with Gasteiger partial charge in [0.05, 0.1) is 5.41 Å². The zero-order chi connectivity index (χ0) is 11.3. The molecular weight excluding hydrogens is 190 g/mol. The van der Waals surface area contributed by atoms with Gasteiger partial charge in [-0.3, -0.25) is 4.79 Å². The summed E-state index contributed by atoms with van der Waals surface area (Å²) in [6.45, 7) is 5.80. The monoisotopic (exact) mass is 212 g/mol. The topological polar surface area (TPSA) is 49.3 Å². The summed E-state index contributed by atoms with van der Waals surface area (Å²) in [6.07, 6.45) is 6.38. The average Bonchev–Trinajstić information content (AvgIpc) is 2.19. The summed E-state index contributed by atoms with van der Waals surface area (Å²) in [5.41, 5.74) is -0.580. The minimum atomic E-state index is -0.693. The molecule has 2 N–H and O–H groups in total. The molecule has 0 aromatic heterocycles. The summed E-state index contributed by atoms with van der Waals surface area (Å²) < 4.78 is 0. The molecule has 87 valence electrons. The van der Waals surface area contributed by atoms with Crippen LogP contribution in [-0.2, 0) is 4.79 Å². The second kappa shape index (κ2) is 5.50. The lowest BCUT2D eigenvalue weighted by Gasteiger charge is -2.24. The van der Waals surface area contributed by atoms with Crippen molar-refractivity contribution in [2.24, 2.45) is 11.3 Å². The summed E-state index contributed by atoms with van der Waals surface area (Å²) in [6, 6.07) is 0. The Balaban J connectivity index is 2.17. The van der Waals surface area contributed by atoms with Crippen molar-refractivity contribution in [1.82, 2.24) is 5.32 Å². The lowest BCUT2D eigenvalue weighted by atomic mass is 9.84. The van der Waals surface area contributed by atoms with E-state index in [1.807, 2.05) is 0 Å².